The van der Waals surface area contributed by atoms with Gasteiger partial charge in [-0.05, 0) is 25.5 Å². The van der Waals surface area contributed by atoms with Gasteiger partial charge in [0.1, 0.15) is 5.56 Å². The quantitative estimate of drug-likeness (QED) is 0.733. The third kappa shape index (κ3) is 3.21. The van der Waals surface area contributed by atoms with Crippen molar-refractivity contribution < 1.29 is 31.2 Å². The summed E-state index contributed by atoms with van der Waals surface area (Å²) in [5.74, 6) is -2.90. The molecule has 0 bridgehead atoms. The van der Waals surface area contributed by atoms with Crippen molar-refractivity contribution in [2.75, 3.05) is 5.75 Å². The number of H-pyrrole nitrogens is 1. The summed E-state index contributed by atoms with van der Waals surface area (Å²) in [6.45, 7) is 5.46. The van der Waals surface area contributed by atoms with Crippen molar-refractivity contribution in [1.29, 1.82) is 0 Å². The Morgan fingerprint density at radius 3 is 2.33 bits per heavy atom. The second-order valence-electron chi connectivity index (χ2n) is 7.86. The number of carbonyl (C=O) groups is 2. The molecule has 0 amide bonds. The molecule has 7 nitrogen and oxygen atoms in total. The molecule has 3 rings (SSSR count). The monoisotopic (exact) mass is 444 g/mol. The van der Waals surface area contributed by atoms with Gasteiger partial charge in [0.2, 0.25) is 5.78 Å². The number of benzene rings is 1. The molecule has 1 aromatic heterocycles. The molecule has 0 spiro atoms. The number of hydrogen-bond acceptors (Lipinski definition) is 5. The lowest BCUT2D eigenvalue weighted by molar-refractivity contribution is -0.138. The molecule has 0 aliphatic carbocycles. The van der Waals surface area contributed by atoms with Gasteiger partial charge in [-0.15, -0.1) is 0 Å². The maximum absolute atomic E-state index is 14.1. The molecule has 1 aliphatic rings. The van der Waals surface area contributed by atoms with E-state index in [1.54, 1.807) is 6.92 Å². The Kier molecular flexibility index (Phi) is 4.88. The molecule has 162 valence electrons. The number of alkyl halides is 3. The third-order valence-electron chi connectivity index (χ3n) is 5.10. The van der Waals surface area contributed by atoms with Crippen LogP contribution in [0.2, 0.25) is 0 Å². The number of carbonyl (C=O) groups excluding carboxylic acids is 2. The summed E-state index contributed by atoms with van der Waals surface area (Å²) in [7, 11) is -4.22. The fourth-order valence-corrected chi connectivity index (χ4v) is 6.07. The van der Waals surface area contributed by atoms with Crippen molar-refractivity contribution in [3.05, 3.63) is 50.4 Å². The zero-order chi connectivity index (χ0) is 22.8. The van der Waals surface area contributed by atoms with E-state index in [1.807, 2.05) is 0 Å². The first kappa shape index (κ1) is 22.0. The molecule has 0 radical (unpaired) electrons. The number of fused-ring (bicyclic) bond motifs is 1. The number of aromatic amines is 1. The van der Waals surface area contributed by atoms with Crippen molar-refractivity contribution in [2.24, 2.45) is 5.41 Å². The average Bonchev–Trinajstić information content (AvgIpc) is 2.96. The second-order valence-corrected chi connectivity index (χ2v) is 9.78. The molecule has 1 aliphatic heterocycles. The van der Waals surface area contributed by atoms with Gasteiger partial charge < -0.3 is 5.10 Å². The van der Waals surface area contributed by atoms with Crippen LogP contribution in [0.25, 0.3) is 0 Å². The summed E-state index contributed by atoms with van der Waals surface area (Å²) >= 11 is 0. The number of hydrogen-bond donors (Lipinski definition) is 1. The van der Waals surface area contributed by atoms with E-state index in [0.717, 1.165) is 16.9 Å². The van der Waals surface area contributed by atoms with Gasteiger partial charge in [-0.3, -0.25) is 19.1 Å². The van der Waals surface area contributed by atoms with Crippen LogP contribution in [-0.4, -0.2) is 35.5 Å². The third-order valence-corrected chi connectivity index (χ3v) is 7.35. The number of Topliss-reactive ketones (excluding diaryl/α,β-unsaturated/α-hetero) is 1. The number of aryl methyl sites for hydroxylation is 2. The molecule has 0 fully saturated rings. The van der Waals surface area contributed by atoms with Gasteiger partial charge in [-0.1, -0.05) is 13.8 Å². The van der Waals surface area contributed by atoms with Crippen LogP contribution in [0.4, 0.5) is 13.2 Å². The van der Waals surface area contributed by atoms with Crippen molar-refractivity contribution in [1.82, 2.24) is 9.78 Å². The Balaban J connectivity index is 2.45. The minimum Gasteiger partial charge on any atom is -0.302 e. The fourth-order valence-electron chi connectivity index (χ4n) is 3.79. The van der Waals surface area contributed by atoms with Crippen LogP contribution < -0.4 is 5.56 Å². The molecular formula is C19H19F3N2O5S. The predicted octanol–water partition coefficient (Wildman–Crippen LogP) is 2.75. The number of rotatable bonds is 3. The Morgan fingerprint density at radius 2 is 1.83 bits per heavy atom. The van der Waals surface area contributed by atoms with Crippen LogP contribution in [0, 0.1) is 12.3 Å². The highest BCUT2D eigenvalue weighted by Gasteiger charge is 2.50. The molecule has 0 saturated heterocycles. The second kappa shape index (κ2) is 6.66. The normalized spacial score (nSPS) is 17.6. The fraction of sp³-hybridized carbons (Fsp3) is 0.421. The van der Waals surface area contributed by atoms with Crippen molar-refractivity contribution in [2.45, 2.75) is 45.3 Å². The van der Waals surface area contributed by atoms with E-state index < -0.39 is 71.5 Å². The number of halogens is 3. The first-order valence-electron chi connectivity index (χ1n) is 8.98. The van der Waals surface area contributed by atoms with Crippen LogP contribution in [-0.2, 0) is 22.6 Å². The van der Waals surface area contributed by atoms with Gasteiger partial charge in [0.05, 0.1) is 21.8 Å². The average molecular weight is 444 g/mol. The van der Waals surface area contributed by atoms with E-state index in [-0.39, 0.29) is 12.1 Å². The summed E-state index contributed by atoms with van der Waals surface area (Å²) in [5, 5.41) is 2.48. The largest absolute Gasteiger partial charge is 0.417 e. The molecule has 1 aromatic carbocycles. The summed E-state index contributed by atoms with van der Waals surface area (Å²) in [4.78, 5) is 37.4. The summed E-state index contributed by atoms with van der Waals surface area (Å²) < 4.78 is 68.8. The Morgan fingerprint density at radius 1 is 1.23 bits per heavy atom. The number of nitrogens with zero attached hydrogens (tertiary/aromatic N) is 1. The van der Waals surface area contributed by atoms with Crippen LogP contribution in [0.5, 0.6) is 0 Å². The number of sulfone groups is 1. The first-order valence-corrected chi connectivity index (χ1v) is 10.6. The van der Waals surface area contributed by atoms with Gasteiger partial charge in [-0.25, -0.2) is 8.42 Å². The number of ketones is 2. The zero-order valence-electron chi connectivity index (χ0n) is 16.6. The van der Waals surface area contributed by atoms with E-state index >= 15 is 0 Å². The molecule has 2 aromatic rings. The Hall–Kier alpha value is -2.69. The van der Waals surface area contributed by atoms with Gasteiger partial charge in [-0.2, -0.15) is 13.2 Å². The molecular weight excluding hydrogens is 425 g/mol. The van der Waals surface area contributed by atoms with Gasteiger partial charge in [0.25, 0.3) is 5.56 Å². The summed E-state index contributed by atoms with van der Waals surface area (Å²) in [6.07, 6.45) is -4.22. The summed E-state index contributed by atoms with van der Waals surface area (Å²) in [5.41, 5.74) is -6.71. The van der Waals surface area contributed by atoms with E-state index in [1.165, 1.54) is 20.8 Å². The minimum absolute atomic E-state index is 0.156. The van der Waals surface area contributed by atoms with Crippen molar-refractivity contribution >= 4 is 21.4 Å². The van der Waals surface area contributed by atoms with Crippen LogP contribution in [0.15, 0.2) is 22.0 Å². The standard InChI is InChI=1S/C19H19F3N2O5S/c1-5-24-17(27)11(7-23-24)14(25)10-6-9(2)15-12(13(10)19(20,21)22)16(26)18(3,4)8-30(15,28)29/h6-7,23H,5,8H2,1-4H3. The van der Waals surface area contributed by atoms with Crippen LogP contribution in [0.1, 0.15) is 58.2 Å². The lowest BCUT2D eigenvalue weighted by Gasteiger charge is -2.32. The highest BCUT2D eigenvalue weighted by Crippen LogP contribution is 2.45. The van der Waals surface area contributed by atoms with E-state index in [9.17, 15) is 36.0 Å². The molecule has 0 unspecified atom stereocenters. The Bertz CT molecular complexity index is 1250. The molecule has 11 heteroatoms. The molecule has 1 N–H and O–H groups in total. The first-order chi connectivity index (χ1) is 13.6. The van der Waals surface area contributed by atoms with Crippen LogP contribution in [0.3, 0.4) is 0 Å². The minimum atomic E-state index is -5.21. The van der Waals surface area contributed by atoms with Crippen molar-refractivity contribution in [3.63, 3.8) is 0 Å². The lowest BCUT2D eigenvalue weighted by Crippen LogP contribution is -2.41. The lowest BCUT2D eigenvalue weighted by atomic mass is 9.81. The molecule has 0 atom stereocenters. The van der Waals surface area contributed by atoms with Gasteiger partial charge >= 0.3 is 6.18 Å². The highest BCUT2D eigenvalue weighted by atomic mass is 32.2. The van der Waals surface area contributed by atoms with E-state index in [4.69, 9.17) is 0 Å². The maximum Gasteiger partial charge on any atom is 0.417 e. The topological polar surface area (TPSA) is 106 Å². The predicted molar refractivity (Wildman–Crippen MR) is 101 cm³/mol. The highest BCUT2D eigenvalue weighted by molar-refractivity contribution is 7.91. The maximum atomic E-state index is 14.1. The SMILES string of the molecule is CCn1[nH]cc(C(=O)c2cc(C)c3c(c2C(F)(F)F)C(=O)C(C)(C)CS3(=O)=O)c1=O. The molecule has 30 heavy (non-hydrogen) atoms. The number of nitrogens with one attached hydrogen (secondary N) is 1. The van der Waals surface area contributed by atoms with E-state index in [2.05, 4.69) is 5.10 Å². The summed E-state index contributed by atoms with van der Waals surface area (Å²) in [6, 6.07) is 0.788. The van der Waals surface area contributed by atoms with Crippen LogP contribution >= 0.6 is 0 Å². The van der Waals surface area contributed by atoms with Gasteiger partial charge in [0.15, 0.2) is 15.6 Å². The van der Waals surface area contributed by atoms with Crippen molar-refractivity contribution in [3.8, 4) is 0 Å². The molecule has 2 heterocycles. The smallest absolute Gasteiger partial charge is 0.302 e. The van der Waals surface area contributed by atoms with Gasteiger partial charge in [0, 0.05) is 23.7 Å². The zero-order valence-corrected chi connectivity index (χ0v) is 17.4. The Labute approximate surface area is 169 Å². The van der Waals surface area contributed by atoms with E-state index in [0.29, 0.717) is 0 Å². The number of aromatic nitrogens is 2. The molecule has 0 saturated carbocycles.